The summed E-state index contributed by atoms with van der Waals surface area (Å²) in [5.41, 5.74) is 6.31. The van der Waals surface area contributed by atoms with Crippen LogP contribution in [0.25, 0.3) is 22.4 Å². The summed E-state index contributed by atoms with van der Waals surface area (Å²) in [4.78, 5) is 19.5. The second kappa shape index (κ2) is 15.4. The van der Waals surface area contributed by atoms with Crippen molar-refractivity contribution in [3.63, 3.8) is 0 Å². The Balaban J connectivity index is 1.53. The Labute approximate surface area is 283 Å². The molecule has 0 aliphatic heterocycles. The van der Waals surface area contributed by atoms with Gasteiger partial charge in [-0.2, -0.15) is 0 Å². The maximum Gasteiger partial charge on any atom is 0.141 e. The number of aliphatic hydroxyl groups excluding tert-OH is 1. The van der Waals surface area contributed by atoms with E-state index < -0.39 is 5.82 Å². The van der Waals surface area contributed by atoms with Gasteiger partial charge in [-0.3, -0.25) is 4.79 Å². The fourth-order valence-corrected chi connectivity index (χ4v) is 6.16. The molecule has 10 heteroatoms. The van der Waals surface area contributed by atoms with Crippen LogP contribution in [0.4, 0.5) is 10.1 Å². The van der Waals surface area contributed by atoms with E-state index in [2.05, 4.69) is 21.7 Å². The Morgan fingerprint density at radius 1 is 0.935 bits per heavy atom. The Morgan fingerprint density at radius 2 is 1.67 bits per heavy atom. The third kappa shape index (κ3) is 8.08. The van der Waals surface area contributed by atoms with Gasteiger partial charge in [0.15, 0.2) is 0 Å². The van der Waals surface area contributed by atoms with Gasteiger partial charge in [-0.1, -0.05) is 59.9 Å². The van der Waals surface area contributed by atoms with E-state index in [0.717, 1.165) is 57.8 Å². The van der Waals surface area contributed by atoms with Crippen LogP contribution >= 0.6 is 34.8 Å². The second-order valence-electron chi connectivity index (χ2n) is 11.4. The number of hydrogen-bond donors (Lipinski definition) is 2. The lowest BCUT2D eigenvalue weighted by Gasteiger charge is -2.23. The summed E-state index contributed by atoms with van der Waals surface area (Å²) in [6.45, 7) is 6.08. The normalized spacial score (nSPS) is 12.1. The minimum Gasteiger partial charge on any atom is -0.395 e. The molecule has 4 aromatic carbocycles. The number of anilines is 1. The van der Waals surface area contributed by atoms with Crippen molar-refractivity contribution in [2.45, 2.75) is 45.8 Å². The summed E-state index contributed by atoms with van der Waals surface area (Å²) in [5, 5.41) is 14.1. The number of aromatic nitrogens is 2. The van der Waals surface area contributed by atoms with Gasteiger partial charge in [0.1, 0.15) is 17.4 Å². The number of carbonyl (C=O) groups is 1. The topological polar surface area (TPSA) is 70.4 Å². The summed E-state index contributed by atoms with van der Waals surface area (Å²) in [5.74, 6) is 0.338. The number of carbonyl (C=O) groups excluding carboxylic acids is 1. The Bertz CT molecular complexity index is 1820. The molecular weight excluding hydrogens is 646 g/mol. The van der Waals surface area contributed by atoms with E-state index in [-0.39, 0.29) is 23.5 Å². The van der Waals surface area contributed by atoms with E-state index in [4.69, 9.17) is 39.8 Å². The van der Waals surface area contributed by atoms with Gasteiger partial charge in [0, 0.05) is 49.9 Å². The molecule has 0 fully saturated rings. The van der Waals surface area contributed by atoms with E-state index in [1.54, 1.807) is 25.1 Å². The van der Waals surface area contributed by atoms with Crippen molar-refractivity contribution >= 4 is 57.3 Å². The van der Waals surface area contributed by atoms with Crippen LogP contribution in [0.2, 0.25) is 15.1 Å². The van der Waals surface area contributed by atoms with Crippen LogP contribution in [0, 0.1) is 5.82 Å². The van der Waals surface area contributed by atoms with Crippen LogP contribution in [0.5, 0.6) is 0 Å². The Morgan fingerprint density at radius 3 is 2.35 bits per heavy atom. The van der Waals surface area contributed by atoms with Crippen LogP contribution in [0.3, 0.4) is 0 Å². The van der Waals surface area contributed by atoms with E-state index in [1.807, 2.05) is 54.6 Å². The lowest BCUT2D eigenvalue weighted by molar-refractivity contribution is -0.117. The number of hydrogen-bond acceptors (Lipinski definition) is 5. The molecule has 0 radical (unpaired) electrons. The average Bonchev–Trinajstić information content (AvgIpc) is 3.39. The molecule has 5 aromatic rings. The van der Waals surface area contributed by atoms with E-state index >= 15 is 0 Å². The molecule has 1 heterocycles. The molecular formula is C36H36Cl3FN4O2. The molecule has 0 spiro atoms. The lowest BCUT2D eigenvalue weighted by Crippen LogP contribution is -2.27. The molecule has 0 aliphatic rings. The highest BCUT2D eigenvalue weighted by molar-refractivity contribution is 6.42. The number of halogens is 4. The summed E-state index contributed by atoms with van der Waals surface area (Å²) in [6, 6.07) is 24.1. The van der Waals surface area contributed by atoms with Gasteiger partial charge in [-0.25, -0.2) is 9.37 Å². The van der Waals surface area contributed by atoms with Crippen molar-refractivity contribution in [2.24, 2.45) is 0 Å². The number of nitrogens with zero attached hydrogens (tertiary/aromatic N) is 3. The molecule has 0 aliphatic carbocycles. The number of rotatable bonds is 14. The fraction of sp³-hybridized carbons (Fsp3) is 0.278. The van der Waals surface area contributed by atoms with E-state index in [9.17, 15) is 14.3 Å². The number of benzene rings is 4. The van der Waals surface area contributed by atoms with Crippen LogP contribution in [-0.4, -0.2) is 40.1 Å². The maximum atomic E-state index is 14.0. The van der Waals surface area contributed by atoms with Crippen molar-refractivity contribution in [2.75, 3.05) is 24.6 Å². The molecule has 1 unspecified atom stereocenters. The van der Waals surface area contributed by atoms with Crippen LogP contribution in [-0.2, 0) is 17.9 Å². The van der Waals surface area contributed by atoms with Crippen molar-refractivity contribution in [1.82, 2.24) is 14.9 Å². The maximum absolute atomic E-state index is 14.0. The highest BCUT2D eigenvalue weighted by Crippen LogP contribution is 2.31. The third-order valence-electron chi connectivity index (χ3n) is 7.88. The van der Waals surface area contributed by atoms with Crippen LogP contribution in [0.15, 0.2) is 78.9 Å². The van der Waals surface area contributed by atoms with E-state index in [0.29, 0.717) is 36.1 Å². The smallest absolute Gasteiger partial charge is 0.141 e. The monoisotopic (exact) mass is 680 g/mol. The second-order valence-corrected chi connectivity index (χ2v) is 12.6. The number of imidazole rings is 1. The quantitative estimate of drug-likeness (QED) is 0.123. The number of fused-ring (bicyclic) bond motifs is 1. The minimum absolute atomic E-state index is 0.0598. The summed E-state index contributed by atoms with van der Waals surface area (Å²) < 4.78 is 16.1. The predicted molar refractivity (Wildman–Crippen MR) is 187 cm³/mol. The van der Waals surface area contributed by atoms with Gasteiger partial charge in [-0.05, 0) is 90.7 Å². The van der Waals surface area contributed by atoms with Crippen LogP contribution < -0.4 is 10.2 Å². The van der Waals surface area contributed by atoms with Crippen LogP contribution in [0.1, 0.15) is 49.4 Å². The first-order chi connectivity index (χ1) is 22.2. The first kappa shape index (κ1) is 33.9. The predicted octanol–water partition coefficient (Wildman–Crippen LogP) is 8.87. The molecule has 240 valence electrons. The van der Waals surface area contributed by atoms with Crippen molar-refractivity contribution in [3.8, 4) is 11.4 Å². The average molecular weight is 682 g/mol. The zero-order valence-corrected chi connectivity index (χ0v) is 28.0. The summed E-state index contributed by atoms with van der Waals surface area (Å²) in [6.07, 6.45) is 1.27. The first-order valence-electron chi connectivity index (χ1n) is 15.2. The SMILES string of the molecule is CCCN(CCO)c1ccc(-c2nc3cc(C(CC(C)=O)NCc4ccc(Cl)c(Cl)c4)ccc3n2Cc2ccc(F)c(Cl)c2)cc1. The lowest BCUT2D eigenvalue weighted by atomic mass is 10.0. The van der Waals surface area contributed by atoms with Gasteiger partial charge in [0.2, 0.25) is 0 Å². The Hall–Kier alpha value is -3.46. The zero-order valence-electron chi connectivity index (χ0n) is 25.7. The van der Waals surface area contributed by atoms with Crippen molar-refractivity contribution in [3.05, 3.63) is 116 Å². The third-order valence-corrected chi connectivity index (χ3v) is 8.91. The molecule has 2 N–H and O–H groups in total. The minimum atomic E-state index is -0.467. The van der Waals surface area contributed by atoms with Crippen molar-refractivity contribution in [1.29, 1.82) is 0 Å². The number of Topliss-reactive ketones (excluding diaryl/α,β-unsaturated/α-hetero) is 1. The molecule has 0 bridgehead atoms. The molecule has 0 saturated heterocycles. The molecule has 0 saturated carbocycles. The van der Waals surface area contributed by atoms with Crippen molar-refractivity contribution < 1.29 is 14.3 Å². The standard InChI is InChI=1S/C36H36Cl3FN4O2/c1-3-14-43(15-16-45)28-9-6-26(7-10-28)36-42-34-20-27(8-13-35(34)44(36)22-25-5-12-32(40)31(39)19-25)33(17-23(2)46)41-21-24-4-11-29(37)30(38)18-24/h4-13,18-20,33,41,45H,3,14-17,21-22H2,1-2H3. The zero-order chi connectivity index (χ0) is 32.8. The highest BCUT2D eigenvalue weighted by atomic mass is 35.5. The van der Waals surface area contributed by atoms with Gasteiger partial charge >= 0.3 is 0 Å². The molecule has 46 heavy (non-hydrogen) atoms. The van der Waals surface area contributed by atoms with Gasteiger partial charge in [0.05, 0.1) is 32.7 Å². The molecule has 1 atom stereocenters. The molecule has 6 nitrogen and oxygen atoms in total. The first-order valence-corrected chi connectivity index (χ1v) is 16.4. The summed E-state index contributed by atoms with van der Waals surface area (Å²) in [7, 11) is 0. The Kier molecular flexibility index (Phi) is 11.4. The van der Waals surface area contributed by atoms with Gasteiger partial charge in [0.25, 0.3) is 0 Å². The number of ketones is 1. The fourth-order valence-electron chi connectivity index (χ4n) is 5.63. The highest BCUT2D eigenvalue weighted by Gasteiger charge is 2.19. The number of aliphatic hydroxyl groups is 1. The van der Waals surface area contributed by atoms with Gasteiger partial charge < -0.3 is 19.9 Å². The molecule has 5 rings (SSSR count). The largest absolute Gasteiger partial charge is 0.395 e. The number of nitrogens with one attached hydrogen (secondary N) is 1. The summed E-state index contributed by atoms with van der Waals surface area (Å²) >= 11 is 18.5. The van der Waals surface area contributed by atoms with Gasteiger partial charge in [-0.15, -0.1) is 0 Å². The molecule has 0 amide bonds. The van der Waals surface area contributed by atoms with E-state index in [1.165, 1.54) is 6.07 Å². The molecule has 1 aromatic heterocycles.